The Balaban J connectivity index is 1.63. The average Bonchev–Trinajstić information content (AvgIpc) is 2.86. The first-order valence-electron chi connectivity index (χ1n) is 7.00. The molecule has 0 spiro atoms. The summed E-state index contributed by atoms with van der Waals surface area (Å²) in [4.78, 5) is 22.2. The van der Waals surface area contributed by atoms with Crippen LogP contribution in [0, 0.1) is 10.1 Å². The normalized spacial score (nSPS) is 14.0. The Morgan fingerprint density at radius 1 is 1.23 bits per heavy atom. The highest BCUT2D eigenvalue weighted by molar-refractivity contribution is 6.30. The summed E-state index contributed by atoms with van der Waals surface area (Å²) in [6, 6.07) is 7.41. The van der Waals surface area contributed by atoms with Gasteiger partial charge < -0.3 is 19.5 Å². The van der Waals surface area contributed by atoms with Gasteiger partial charge in [0.05, 0.1) is 4.92 Å². The zero-order chi connectivity index (χ0) is 18.9. The van der Waals surface area contributed by atoms with Crippen molar-refractivity contribution < 1.29 is 32.7 Å². The van der Waals surface area contributed by atoms with Gasteiger partial charge in [-0.15, -0.1) is 8.78 Å². The van der Waals surface area contributed by atoms with Crippen LogP contribution in [-0.2, 0) is 4.79 Å². The molecular formula is C15H9ClF2N2O6. The van der Waals surface area contributed by atoms with Crippen LogP contribution in [-0.4, -0.2) is 23.7 Å². The van der Waals surface area contributed by atoms with Crippen molar-refractivity contribution in [1.29, 1.82) is 0 Å². The molecule has 0 saturated heterocycles. The Hall–Kier alpha value is -3.14. The maximum Gasteiger partial charge on any atom is 0.586 e. The van der Waals surface area contributed by atoms with Gasteiger partial charge in [0.25, 0.3) is 5.91 Å². The minimum atomic E-state index is -3.76. The van der Waals surface area contributed by atoms with Gasteiger partial charge in [-0.3, -0.25) is 14.9 Å². The lowest BCUT2D eigenvalue weighted by molar-refractivity contribution is -0.385. The summed E-state index contributed by atoms with van der Waals surface area (Å²) in [7, 11) is 0. The summed E-state index contributed by atoms with van der Waals surface area (Å²) >= 11 is 5.68. The Labute approximate surface area is 149 Å². The summed E-state index contributed by atoms with van der Waals surface area (Å²) in [6.45, 7) is -0.549. The molecule has 26 heavy (non-hydrogen) atoms. The zero-order valence-electron chi connectivity index (χ0n) is 12.7. The minimum Gasteiger partial charge on any atom is -0.477 e. The molecule has 0 atom stereocenters. The molecule has 3 rings (SSSR count). The molecule has 1 N–H and O–H groups in total. The molecule has 0 aromatic heterocycles. The number of alkyl halides is 2. The van der Waals surface area contributed by atoms with E-state index in [4.69, 9.17) is 16.3 Å². The molecule has 0 unspecified atom stereocenters. The second-order valence-electron chi connectivity index (χ2n) is 5.04. The highest BCUT2D eigenvalue weighted by Crippen LogP contribution is 2.42. The second kappa shape index (κ2) is 6.64. The fraction of sp³-hybridized carbons (Fsp3) is 0.133. The van der Waals surface area contributed by atoms with Crippen molar-refractivity contribution in [2.75, 3.05) is 11.9 Å². The largest absolute Gasteiger partial charge is 0.586 e. The summed E-state index contributed by atoms with van der Waals surface area (Å²) in [6.07, 6.45) is -3.76. The van der Waals surface area contributed by atoms with Crippen LogP contribution in [0.4, 0.5) is 20.2 Å². The molecule has 2 aromatic carbocycles. The number of fused-ring (bicyclic) bond motifs is 1. The van der Waals surface area contributed by atoms with Crippen molar-refractivity contribution >= 4 is 28.9 Å². The van der Waals surface area contributed by atoms with Crippen LogP contribution in [0.3, 0.4) is 0 Å². The standard InChI is InChI=1S/C15H9ClF2N2O6/c16-8-1-3-11(10(5-8)20(22)23)24-7-14(21)19-9-2-4-12-13(6-9)26-15(17,18)25-12/h1-6H,7H2,(H,19,21). The molecule has 2 aromatic rings. The van der Waals surface area contributed by atoms with E-state index in [1.165, 1.54) is 24.3 Å². The molecule has 1 heterocycles. The molecule has 1 aliphatic heterocycles. The first kappa shape index (κ1) is 17.7. The monoisotopic (exact) mass is 386 g/mol. The minimum absolute atomic E-state index is 0.139. The quantitative estimate of drug-likeness (QED) is 0.622. The van der Waals surface area contributed by atoms with Gasteiger partial charge >= 0.3 is 12.0 Å². The number of anilines is 1. The van der Waals surface area contributed by atoms with Crippen LogP contribution in [0.2, 0.25) is 5.02 Å². The van der Waals surface area contributed by atoms with Gasteiger partial charge in [-0.05, 0) is 24.3 Å². The number of amides is 1. The van der Waals surface area contributed by atoms with Gasteiger partial charge in [0.1, 0.15) is 0 Å². The molecule has 0 bridgehead atoms. The zero-order valence-corrected chi connectivity index (χ0v) is 13.5. The molecule has 1 aliphatic rings. The van der Waals surface area contributed by atoms with E-state index in [-0.39, 0.29) is 28.0 Å². The number of nitro groups is 1. The number of benzene rings is 2. The third-order valence-corrected chi connectivity index (χ3v) is 3.40. The maximum absolute atomic E-state index is 13.0. The lowest BCUT2D eigenvalue weighted by Crippen LogP contribution is -2.25. The van der Waals surface area contributed by atoms with Crippen LogP contribution < -0.4 is 19.5 Å². The summed E-state index contributed by atoms with van der Waals surface area (Å²) in [5, 5.41) is 13.5. The first-order chi connectivity index (χ1) is 12.2. The number of carbonyl (C=O) groups excluding carboxylic acids is 1. The first-order valence-corrected chi connectivity index (χ1v) is 7.38. The number of nitro benzene ring substituents is 1. The predicted molar refractivity (Wildman–Crippen MR) is 84.9 cm³/mol. The van der Waals surface area contributed by atoms with Crippen molar-refractivity contribution in [3.8, 4) is 17.2 Å². The second-order valence-corrected chi connectivity index (χ2v) is 5.47. The number of ether oxygens (including phenoxy) is 3. The van der Waals surface area contributed by atoms with Crippen LogP contribution in [0.25, 0.3) is 0 Å². The number of carbonyl (C=O) groups is 1. The van der Waals surface area contributed by atoms with Gasteiger partial charge in [0.15, 0.2) is 23.9 Å². The van der Waals surface area contributed by atoms with Crippen molar-refractivity contribution in [2.45, 2.75) is 6.29 Å². The van der Waals surface area contributed by atoms with Gasteiger partial charge in [-0.2, -0.15) is 0 Å². The van der Waals surface area contributed by atoms with Crippen LogP contribution >= 0.6 is 11.6 Å². The van der Waals surface area contributed by atoms with Crippen molar-refractivity contribution in [3.63, 3.8) is 0 Å². The molecule has 1 amide bonds. The summed E-state index contributed by atoms with van der Waals surface area (Å²) in [5.41, 5.74) is -0.236. The van der Waals surface area contributed by atoms with Gasteiger partial charge in [0.2, 0.25) is 0 Å². The number of nitrogens with zero attached hydrogens (tertiary/aromatic N) is 1. The van der Waals surface area contributed by atoms with E-state index in [0.717, 1.165) is 12.1 Å². The molecule has 8 nitrogen and oxygen atoms in total. The lowest BCUT2D eigenvalue weighted by atomic mass is 10.3. The SMILES string of the molecule is O=C(COc1ccc(Cl)cc1[N+](=O)[O-])Nc1ccc2c(c1)OC(F)(F)O2. The van der Waals surface area contributed by atoms with Crippen LogP contribution in [0.15, 0.2) is 36.4 Å². The molecule has 0 aliphatic carbocycles. The predicted octanol–water partition coefficient (Wildman–Crippen LogP) is 3.59. The van der Waals surface area contributed by atoms with Gasteiger partial charge in [-0.1, -0.05) is 11.6 Å². The highest BCUT2D eigenvalue weighted by Gasteiger charge is 2.43. The molecule has 136 valence electrons. The average molecular weight is 387 g/mol. The van der Waals surface area contributed by atoms with E-state index in [2.05, 4.69) is 14.8 Å². The molecule has 0 saturated carbocycles. The smallest absolute Gasteiger partial charge is 0.477 e. The number of rotatable bonds is 5. The topological polar surface area (TPSA) is 99.9 Å². The molecule has 11 heteroatoms. The van der Waals surface area contributed by atoms with Crippen LogP contribution in [0.1, 0.15) is 0 Å². The third kappa shape index (κ3) is 3.91. The summed E-state index contributed by atoms with van der Waals surface area (Å²) in [5.74, 6) is -1.21. The fourth-order valence-electron chi connectivity index (χ4n) is 2.12. The van der Waals surface area contributed by atoms with Crippen molar-refractivity contribution in [1.82, 2.24) is 0 Å². The van der Waals surface area contributed by atoms with Crippen LogP contribution in [0.5, 0.6) is 17.2 Å². The van der Waals surface area contributed by atoms with E-state index in [9.17, 15) is 23.7 Å². The molecular weight excluding hydrogens is 378 g/mol. The third-order valence-electron chi connectivity index (χ3n) is 3.16. The fourth-order valence-corrected chi connectivity index (χ4v) is 2.29. The van der Waals surface area contributed by atoms with Crippen molar-refractivity contribution in [2.24, 2.45) is 0 Å². The Bertz CT molecular complexity index is 892. The summed E-state index contributed by atoms with van der Waals surface area (Å²) < 4.78 is 39.5. The lowest BCUT2D eigenvalue weighted by Gasteiger charge is -2.08. The van der Waals surface area contributed by atoms with E-state index >= 15 is 0 Å². The van der Waals surface area contributed by atoms with Gasteiger partial charge in [0, 0.05) is 22.8 Å². The Morgan fingerprint density at radius 2 is 1.96 bits per heavy atom. The highest BCUT2D eigenvalue weighted by atomic mass is 35.5. The van der Waals surface area contributed by atoms with E-state index < -0.39 is 29.4 Å². The Morgan fingerprint density at radius 3 is 2.69 bits per heavy atom. The maximum atomic E-state index is 13.0. The molecule has 0 radical (unpaired) electrons. The van der Waals surface area contributed by atoms with Crippen molar-refractivity contribution in [3.05, 3.63) is 51.5 Å². The number of halogens is 3. The van der Waals surface area contributed by atoms with E-state index in [0.29, 0.717) is 0 Å². The van der Waals surface area contributed by atoms with Gasteiger partial charge in [-0.25, -0.2) is 0 Å². The number of hydrogen-bond donors (Lipinski definition) is 1. The number of hydrogen-bond acceptors (Lipinski definition) is 6. The van der Waals surface area contributed by atoms with E-state index in [1.807, 2.05) is 0 Å². The number of nitrogens with one attached hydrogen (secondary N) is 1. The van der Waals surface area contributed by atoms with E-state index in [1.54, 1.807) is 0 Å². The Kier molecular flexibility index (Phi) is 4.51. The molecule has 0 fully saturated rings.